The molecule has 13 heavy (non-hydrogen) atoms. The lowest BCUT2D eigenvalue weighted by Gasteiger charge is -2.31. The third kappa shape index (κ3) is 1.25. The third-order valence-electron chi connectivity index (χ3n) is 4.27. The van der Waals surface area contributed by atoms with Crippen molar-refractivity contribution < 1.29 is 0 Å². The van der Waals surface area contributed by atoms with Gasteiger partial charge in [0.25, 0.3) is 0 Å². The maximum Gasteiger partial charge on any atom is 0.0163 e. The van der Waals surface area contributed by atoms with Gasteiger partial charge in [-0.25, -0.2) is 0 Å². The zero-order chi connectivity index (χ0) is 9.69. The fourth-order valence-electron chi connectivity index (χ4n) is 3.30. The van der Waals surface area contributed by atoms with E-state index in [1.54, 1.807) is 0 Å². The molecule has 0 radical (unpaired) electrons. The van der Waals surface area contributed by atoms with E-state index in [9.17, 15) is 0 Å². The Morgan fingerprint density at radius 1 is 1.23 bits per heavy atom. The van der Waals surface area contributed by atoms with E-state index in [0.29, 0.717) is 11.3 Å². The average Bonchev–Trinajstić information content (AvgIpc) is 2.57. The van der Waals surface area contributed by atoms with Crippen molar-refractivity contribution in [2.45, 2.75) is 51.5 Å². The maximum atomic E-state index is 6.28. The van der Waals surface area contributed by atoms with Crippen LogP contribution < -0.4 is 5.73 Å². The van der Waals surface area contributed by atoms with Crippen LogP contribution in [-0.4, -0.2) is 5.54 Å². The zero-order valence-electron chi connectivity index (χ0n) is 8.90. The Labute approximate surface area is 81.4 Å². The third-order valence-corrected chi connectivity index (χ3v) is 4.27. The van der Waals surface area contributed by atoms with Crippen LogP contribution in [0.5, 0.6) is 0 Å². The van der Waals surface area contributed by atoms with Crippen LogP contribution in [0.2, 0.25) is 0 Å². The predicted octanol–water partition coefficient (Wildman–Crippen LogP) is 2.86. The highest BCUT2D eigenvalue weighted by atomic mass is 14.8. The molecule has 2 bridgehead atoms. The lowest BCUT2D eigenvalue weighted by molar-refractivity contribution is 0.329. The summed E-state index contributed by atoms with van der Waals surface area (Å²) in [4.78, 5) is 0. The van der Waals surface area contributed by atoms with Crippen LogP contribution in [-0.2, 0) is 0 Å². The summed E-state index contributed by atoms with van der Waals surface area (Å²) in [6, 6.07) is 0. The molecule has 1 nitrogen and oxygen atoms in total. The molecule has 0 unspecified atom stereocenters. The smallest absolute Gasteiger partial charge is 0.0163 e. The van der Waals surface area contributed by atoms with E-state index in [-0.39, 0.29) is 5.54 Å². The molecular formula is C12H21N. The summed E-state index contributed by atoms with van der Waals surface area (Å²) in [7, 11) is 0. The van der Waals surface area contributed by atoms with Crippen molar-refractivity contribution in [2.24, 2.45) is 17.1 Å². The van der Waals surface area contributed by atoms with E-state index in [2.05, 4.69) is 20.4 Å². The molecule has 2 N–H and O–H groups in total. The number of allylic oxidation sites excluding steroid dienone is 1. The van der Waals surface area contributed by atoms with Crippen LogP contribution in [0.4, 0.5) is 0 Å². The monoisotopic (exact) mass is 179 g/mol. The van der Waals surface area contributed by atoms with Crippen LogP contribution in [0.3, 0.4) is 0 Å². The molecule has 0 heterocycles. The van der Waals surface area contributed by atoms with Crippen LogP contribution in [0, 0.1) is 11.3 Å². The van der Waals surface area contributed by atoms with Crippen molar-refractivity contribution in [1.82, 2.24) is 0 Å². The van der Waals surface area contributed by atoms with Crippen LogP contribution >= 0.6 is 0 Å². The van der Waals surface area contributed by atoms with Gasteiger partial charge in [0.1, 0.15) is 0 Å². The first kappa shape index (κ1) is 9.26. The number of hydrogen-bond donors (Lipinski definition) is 1. The Balaban J connectivity index is 2.20. The summed E-state index contributed by atoms with van der Waals surface area (Å²) >= 11 is 0. The van der Waals surface area contributed by atoms with Gasteiger partial charge in [-0.15, -0.1) is 0 Å². The topological polar surface area (TPSA) is 26.0 Å². The summed E-state index contributed by atoms with van der Waals surface area (Å²) in [5.41, 5.74) is 8.35. The molecule has 1 heteroatoms. The molecule has 0 aliphatic heterocycles. The fraction of sp³-hybridized carbons (Fsp3) is 0.833. The predicted molar refractivity (Wildman–Crippen MR) is 56.4 cm³/mol. The zero-order valence-corrected chi connectivity index (χ0v) is 8.90. The van der Waals surface area contributed by atoms with Gasteiger partial charge in [0.15, 0.2) is 0 Å². The van der Waals surface area contributed by atoms with E-state index in [1.165, 1.54) is 37.7 Å². The Morgan fingerprint density at radius 2 is 1.77 bits per heavy atom. The van der Waals surface area contributed by atoms with Crippen molar-refractivity contribution in [3.8, 4) is 0 Å². The molecule has 0 atom stereocenters. The molecule has 0 saturated heterocycles. The van der Waals surface area contributed by atoms with Gasteiger partial charge in [0.2, 0.25) is 0 Å². The Hall–Kier alpha value is -0.300. The standard InChI is InChI=1S/C12H21N/c1-9(2)10(3)11-4-6-12(13,8-11)7-5-11/h9H,3-8,13H2,1-2H3. The molecule has 0 aromatic rings. The van der Waals surface area contributed by atoms with Crippen LogP contribution in [0.25, 0.3) is 0 Å². The van der Waals surface area contributed by atoms with Gasteiger partial charge >= 0.3 is 0 Å². The van der Waals surface area contributed by atoms with E-state index < -0.39 is 0 Å². The highest BCUT2D eigenvalue weighted by Gasteiger charge is 2.53. The van der Waals surface area contributed by atoms with Gasteiger partial charge in [-0.3, -0.25) is 0 Å². The molecule has 74 valence electrons. The second-order valence-electron chi connectivity index (χ2n) is 5.50. The van der Waals surface area contributed by atoms with E-state index >= 15 is 0 Å². The summed E-state index contributed by atoms with van der Waals surface area (Å²) in [5, 5.41) is 0. The summed E-state index contributed by atoms with van der Waals surface area (Å²) in [5.74, 6) is 0.625. The van der Waals surface area contributed by atoms with E-state index in [1.807, 2.05) is 0 Å². The largest absolute Gasteiger partial charge is 0.325 e. The first-order valence-corrected chi connectivity index (χ1v) is 5.46. The SMILES string of the molecule is C=C(C(C)C)C12CCC(N)(CC1)C2. The van der Waals surface area contributed by atoms with Crippen molar-refractivity contribution in [3.05, 3.63) is 12.2 Å². The van der Waals surface area contributed by atoms with Gasteiger partial charge < -0.3 is 5.73 Å². The lowest BCUT2D eigenvalue weighted by Crippen LogP contribution is -2.33. The molecule has 2 saturated carbocycles. The fourth-order valence-corrected chi connectivity index (χ4v) is 3.30. The molecule has 2 aliphatic carbocycles. The van der Waals surface area contributed by atoms with Gasteiger partial charge in [-0.2, -0.15) is 0 Å². The second kappa shape index (κ2) is 2.60. The molecule has 0 amide bonds. The average molecular weight is 179 g/mol. The van der Waals surface area contributed by atoms with Crippen molar-refractivity contribution >= 4 is 0 Å². The highest BCUT2D eigenvalue weighted by molar-refractivity contribution is 5.23. The summed E-state index contributed by atoms with van der Waals surface area (Å²) < 4.78 is 0. The minimum Gasteiger partial charge on any atom is -0.325 e. The molecule has 0 aromatic heterocycles. The molecule has 0 spiro atoms. The summed E-state index contributed by atoms with van der Waals surface area (Å²) in [6.07, 6.45) is 6.23. The number of nitrogens with two attached hydrogens (primary N) is 1. The van der Waals surface area contributed by atoms with E-state index in [4.69, 9.17) is 5.73 Å². The summed E-state index contributed by atoms with van der Waals surface area (Å²) in [6.45, 7) is 8.79. The van der Waals surface area contributed by atoms with Gasteiger partial charge in [-0.05, 0) is 43.4 Å². The van der Waals surface area contributed by atoms with Crippen LogP contribution in [0.15, 0.2) is 12.2 Å². The van der Waals surface area contributed by atoms with Crippen molar-refractivity contribution in [1.29, 1.82) is 0 Å². The minimum atomic E-state index is 0.178. The first-order valence-electron chi connectivity index (χ1n) is 5.46. The van der Waals surface area contributed by atoms with Crippen LogP contribution in [0.1, 0.15) is 46.0 Å². The quantitative estimate of drug-likeness (QED) is 0.648. The van der Waals surface area contributed by atoms with Gasteiger partial charge in [0.05, 0.1) is 0 Å². The Bertz CT molecular complexity index is 232. The van der Waals surface area contributed by atoms with E-state index in [0.717, 1.165) is 0 Å². The number of fused-ring (bicyclic) bond motifs is 2. The number of rotatable bonds is 2. The Kier molecular flexibility index (Phi) is 1.85. The van der Waals surface area contributed by atoms with Crippen molar-refractivity contribution in [3.63, 3.8) is 0 Å². The molecule has 2 aliphatic rings. The normalized spacial score (nSPS) is 43.1. The maximum absolute atomic E-state index is 6.28. The first-order chi connectivity index (χ1) is 5.98. The van der Waals surface area contributed by atoms with Gasteiger partial charge in [-0.1, -0.05) is 26.0 Å². The lowest BCUT2D eigenvalue weighted by atomic mass is 9.74. The van der Waals surface area contributed by atoms with Crippen molar-refractivity contribution in [2.75, 3.05) is 0 Å². The molecule has 2 rings (SSSR count). The minimum absolute atomic E-state index is 0.178. The molecule has 0 aromatic carbocycles. The number of hydrogen-bond acceptors (Lipinski definition) is 1. The highest BCUT2D eigenvalue weighted by Crippen LogP contribution is 2.59. The van der Waals surface area contributed by atoms with Gasteiger partial charge in [0, 0.05) is 5.54 Å². The molecular weight excluding hydrogens is 158 g/mol. The molecule has 2 fully saturated rings. The Morgan fingerprint density at radius 3 is 2.08 bits per heavy atom. The second-order valence-corrected chi connectivity index (χ2v) is 5.50.